The van der Waals surface area contributed by atoms with Crippen LogP contribution in [0.5, 0.6) is 5.75 Å². The first-order valence-electron chi connectivity index (χ1n) is 11.5. The molecule has 0 amide bonds. The predicted octanol–water partition coefficient (Wildman–Crippen LogP) is 4.21. The van der Waals surface area contributed by atoms with Gasteiger partial charge in [0.1, 0.15) is 5.75 Å². The molecule has 1 aliphatic heterocycles. The van der Waals surface area contributed by atoms with Crippen molar-refractivity contribution in [3.63, 3.8) is 0 Å². The number of rotatable bonds is 10. The highest BCUT2D eigenvalue weighted by molar-refractivity contribution is 7.89. The Morgan fingerprint density at radius 2 is 1.67 bits per heavy atom. The molecule has 7 nitrogen and oxygen atoms in total. The van der Waals surface area contributed by atoms with E-state index in [2.05, 4.69) is 4.72 Å². The summed E-state index contributed by atoms with van der Waals surface area (Å²) in [6.07, 6.45) is 4.06. The molecule has 0 aromatic heterocycles. The monoisotopic (exact) mass is 504 g/mol. The number of methoxy groups -OCH3 is 1. The van der Waals surface area contributed by atoms with Gasteiger partial charge < -0.3 is 9.47 Å². The fourth-order valence-electron chi connectivity index (χ4n) is 3.87. The molecule has 1 unspecified atom stereocenters. The summed E-state index contributed by atoms with van der Waals surface area (Å²) < 4.78 is 38.4. The summed E-state index contributed by atoms with van der Waals surface area (Å²) in [6.45, 7) is 1.98. The average molecular weight is 505 g/mol. The largest absolute Gasteiger partial charge is 0.497 e. The highest BCUT2D eigenvalue weighted by Crippen LogP contribution is 2.31. The van der Waals surface area contributed by atoms with Crippen LogP contribution in [0.15, 0.2) is 101 Å². The zero-order chi connectivity index (χ0) is 25.6. The van der Waals surface area contributed by atoms with Gasteiger partial charge in [-0.15, -0.1) is 0 Å². The standard InChI is InChI=1S/C28H28N2O5S/c1-21-10-16-25(17-11-21)36(32,33)29-19-7-6-18-28(20-22-8-4-3-5-9-22)27(31)35-26(30-28)23-12-14-24(34-2)15-13-23/h3-17,29H,18-20H2,1-2H3/b7-6+. The SMILES string of the molecule is COc1ccc(C2=NC(C/C=C/CNS(=O)(=O)c3ccc(C)cc3)(Cc3ccccc3)C(=O)O2)cc1. The van der Waals surface area contributed by atoms with Crippen molar-refractivity contribution in [2.75, 3.05) is 13.7 Å². The Kier molecular flexibility index (Phi) is 7.67. The Hall–Kier alpha value is -3.75. The third-order valence-electron chi connectivity index (χ3n) is 5.91. The first-order chi connectivity index (χ1) is 17.3. The van der Waals surface area contributed by atoms with Crippen molar-refractivity contribution in [3.05, 3.63) is 108 Å². The van der Waals surface area contributed by atoms with Crippen LogP contribution in [0.3, 0.4) is 0 Å². The van der Waals surface area contributed by atoms with Crippen molar-refractivity contribution in [2.24, 2.45) is 4.99 Å². The Balaban J connectivity index is 1.51. The molecule has 0 fully saturated rings. The van der Waals surface area contributed by atoms with E-state index >= 15 is 0 Å². The normalized spacial score (nSPS) is 17.7. The number of nitrogens with one attached hydrogen (secondary N) is 1. The minimum Gasteiger partial charge on any atom is -0.497 e. The second-order valence-electron chi connectivity index (χ2n) is 8.57. The van der Waals surface area contributed by atoms with Crippen molar-refractivity contribution in [1.29, 1.82) is 0 Å². The van der Waals surface area contributed by atoms with Crippen molar-refractivity contribution in [3.8, 4) is 5.75 Å². The molecule has 1 heterocycles. The van der Waals surface area contributed by atoms with Gasteiger partial charge in [0.05, 0.1) is 12.0 Å². The van der Waals surface area contributed by atoms with Crippen molar-refractivity contribution >= 4 is 21.9 Å². The Labute approximate surface area is 211 Å². The summed E-state index contributed by atoms with van der Waals surface area (Å²) >= 11 is 0. The Morgan fingerprint density at radius 1 is 0.972 bits per heavy atom. The first-order valence-corrected chi connectivity index (χ1v) is 13.0. The maximum absolute atomic E-state index is 13.1. The van der Waals surface area contributed by atoms with E-state index in [9.17, 15) is 13.2 Å². The van der Waals surface area contributed by atoms with Gasteiger partial charge >= 0.3 is 5.97 Å². The molecule has 1 atom stereocenters. The van der Waals surface area contributed by atoms with Crippen molar-refractivity contribution < 1.29 is 22.7 Å². The predicted molar refractivity (Wildman–Crippen MR) is 139 cm³/mol. The third-order valence-corrected chi connectivity index (χ3v) is 7.35. The van der Waals surface area contributed by atoms with Gasteiger partial charge in [-0.25, -0.2) is 22.9 Å². The number of hydrogen-bond donors (Lipinski definition) is 1. The summed E-state index contributed by atoms with van der Waals surface area (Å²) in [7, 11) is -2.05. The van der Waals surface area contributed by atoms with Crippen molar-refractivity contribution in [1.82, 2.24) is 4.72 Å². The van der Waals surface area contributed by atoms with Gasteiger partial charge in [-0.1, -0.05) is 60.2 Å². The van der Waals surface area contributed by atoms with Crippen LogP contribution in [0.4, 0.5) is 0 Å². The number of ether oxygens (including phenoxy) is 2. The molecule has 3 aromatic carbocycles. The maximum atomic E-state index is 13.1. The van der Waals surface area contributed by atoms with Crippen molar-refractivity contribution in [2.45, 2.75) is 30.2 Å². The second-order valence-corrected chi connectivity index (χ2v) is 10.3. The molecular weight excluding hydrogens is 476 g/mol. The highest BCUT2D eigenvalue weighted by atomic mass is 32.2. The van der Waals surface area contributed by atoms with E-state index in [4.69, 9.17) is 14.5 Å². The maximum Gasteiger partial charge on any atom is 0.341 e. The van der Waals surface area contributed by atoms with Crippen LogP contribution in [0.1, 0.15) is 23.1 Å². The molecule has 186 valence electrons. The molecule has 0 aliphatic carbocycles. The van der Waals surface area contributed by atoms with Gasteiger partial charge in [0.25, 0.3) is 0 Å². The van der Waals surface area contributed by atoms with Crippen LogP contribution in [0, 0.1) is 6.92 Å². The molecule has 0 saturated heterocycles. The summed E-state index contributed by atoms with van der Waals surface area (Å²) in [5, 5.41) is 0. The van der Waals surface area contributed by atoms with Crippen LogP contribution >= 0.6 is 0 Å². The van der Waals surface area contributed by atoms with Gasteiger partial charge in [0, 0.05) is 24.9 Å². The van der Waals surface area contributed by atoms with Gasteiger partial charge in [0.15, 0.2) is 5.54 Å². The molecule has 3 aromatic rings. The van der Waals surface area contributed by atoms with Gasteiger partial charge in [-0.3, -0.25) is 0 Å². The highest BCUT2D eigenvalue weighted by Gasteiger charge is 2.45. The van der Waals surface area contributed by atoms with Gasteiger partial charge in [0.2, 0.25) is 15.9 Å². The second kappa shape index (κ2) is 10.9. The number of carbonyl (C=O) groups excluding carboxylic acids is 1. The van der Waals surface area contributed by atoms with Crippen LogP contribution in [-0.4, -0.2) is 39.5 Å². The zero-order valence-electron chi connectivity index (χ0n) is 20.2. The molecule has 4 rings (SSSR count). The average Bonchev–Trinajstić information content (AvgIpc) is 3.20. The Bertz CT molecular complexity index is 1370. The van der Waals surface area contributed by atoms with Crippen LogP contribution in [-0.2, 0) is 26.0 Å². The van der Waals surface area contributed by atoms with E-state index in [0.29, 0.717) is 17.7 Å². The lowest BCUT2D eigenvalue weighted by Crippen LogP contribution is -2.36. The van der Waals surface area contributed by atoms with E-state index in [-0.39, 0.29) is 23.8 Å². The lowest BCUT2D eigenvalue weighted by Gasteiger charge is -2.20. The lowest BCUT2D eigenvalue weighted by atomic mass is 9.88. The molecule has 0 radical (unpaired) electrons. The quantitative estimate of drug-likeness (QED) is 0.330. The zero-order valence-corrected chi connectivity index (χ0v) is 21.0. The molecule has 8 heteroatoms. The van der Waals surface area contributed by atoms with E-state index in [1.54, 1.807) is 67.8 Å². The lowest BCUT2D eigenvalue weighted by molar-refractivity contribution is -0.138. The summed E-state index contributed by atoms with van der Waals surface area (Å²) in [4.78, 5) is 18.1. The minimum atomic E-state index is -3.63. The number of benzene rings is 3. The van der Waals surface area contributed by atoms with E-state index in [1.807, 2.05) is 37.3 Å². The van der Waals surface area contributed by atoms with E-state index in [1.165, 1.54) is 0 Å². The minimum absolute atomic E-state index is 0.0850. The Morgan fingerprint density at radius 3 is 2.33 bits per heavy atom. The van der Waals surface area contributed by atoms with Crippen LogP contribution < -0.4 is 9.46 Å². The summed E-state index contributed by atoms with van der Waals surface area (Å²) in [5.74, 6) is 0.504. The van der Waals surface area contributed by atoms with E-state index in [0.717, 1.165) is 11.1 Å². The molecule has 1 N–H and O–H groups in total. The van der Waals surface area contributed by atoms with Gasteiger partial charge in [-0.2, -0.15) is 0 Å². The smallest absolute Gasteiger partial charge is 0.341 e. The number of sulfonamides is 1. The molecule has 0 spiro atoms. The number of aliphatic imine (C=N–C) groups is 1. The molecule has 36 heavy (non-hydrogen) atoms. The number of esters is 1. The summed E-state index contributed by atoms with van der Waals surface area (Å²) in [6, 6.07) is 23.4. The molecule has 0 saturated carbocycles. The van der Waals surface area contributed by atoms with Gasteiger partial charge in [-0.05, 0) is 48.9 Å². The molecule has 1 aliphatic rings. The topological polar surface area (TPSA) is 94.1 Å². The molecule has 0 bridgehead atoms. The summed E-state index contributed by atoms with van der Waals surface area (Å²) in [5.41, 5.74) is 1.45. The number of cyclic esters (lactones) is 1. The number of hydrogen-bond acceptors (Lipinski definition) is 6. The fourth-order valence-corrected chi connectivity index (χ4v) is 4.85. The molecular formula is C28H28N2O5S. The number of aryl methyl sites for hydroxylation is 1. The fraction of sp³-hybridized carbons (Fsp3) is 0.214. The number of nitrogens with zero attached hydrogens (tertiary/aromatic N) is 1. The number of carbonyl (C=O) groups is 1. The van der Waals surface area contributed by atoms with Crippen LogP contribution in [0.25, 0.3) is 0 Å². The van der Waals surface area contributed by atoms with Crippen LogP contribution in [0.2, 0.25) is 0 Å². The van der Waals surface area contributed by atoms with E-state index < -0.39 is 21.5 Å². The first kappa shape index (κ1) is 25.3. The third kappa shape index (κ3) is 5.90.